The van der Waals surface area contributed by atoms with Crippen LogP contribution in [0.4, 0.5) is 34.1 Å². The van der Waals surface area contributed by atoms with E-state index >= 15 is 0 Å². The molecule has 0 amide bonds. The van der Waals surface area contributed by atoms with Gasteiger partial charge in [-0.05, 0) is 255 Å². The first-order chi connectivity index (χ1) is 62.9. The standard InChI is InChI=1S/C123H94N2O2/c1-79-26-18-55-117-120(79)112-75-67-92(78-119(112)126-117)100-39-11-15-52-114(100)124(115-53-16-12-40-106(115)109-48-21-34-87-32-19-44-101(121(87)109)82-27-4-2-5-28-82)93-68-60-81(61-69-93)80-56-58-85(59-57-80)95-42-23-36-89-76-90(65-72-98(89)95)103-46-25-50-111-108-74-66-91(77-118(108)127-123(103)111)99-38-10-14-51-113(99)125(94-70-62-86(63-71-94)97-43-24-47-104-96-37-9-8-31-84(96)64-73-105(97)104)116-54-17-13-41-107(116)110-49-22-35-88-33-20-45-102(122(88)110)83-29-6-3-7-30-83/h8-25,31-79,82-83H,2-7,26-30H2,1H3. The van der Waals surface area contributed by atoms with Crippen molar-refractivity contribution < 1.29 is 8.83 Å². The molecule has 0 bridgehead atoms. The molecule has 127 heavy (non-hydrogen) atoms. The maximum atomic E-state index is 7.25. The van der Waals surface area contributed by atoms with Gasteiger partial charge in [-0.15, -0.1) is 0 Å². The smallest absolute Gasteiger partial charge is 0.143 e. The Morgan fingerprint density at radius 3 is 1.23 bits per heavy atom. The lowest BCUT2D eigenvalue weighted by atomic mass is 9.80. The van der Waals surface area contributed by atoms with Gasteiger partial charge in [0.1, 0.15) is 22.5 Å². The Kier molecular flexibility index (Phi) is 19.1. The molecular formula is C123H94N2O2. The Morgan fingerprint density at radius 1 is 0.252 bits per heavy atom. The molecule has 1 unspecified atom stereocenters. The zero-order valence-corrected chi connectivity index (χ0v) is 71.3. The molecule has 608 valence electrons. The van der Waals surface area contributed by atoms with Crippen LogP contribution in [0.5, 0.6) is 0 Å². The first kappa shape index (κ1) is 75.9. The number of rotatable bonds is 16. The van der Waals surface area contributed by atoms with Crippen LogP contribution in [0, 0.1) is 0 Å². The van der Waals surface area contributed by atoms with E-state index in [0.29, 0.717) is 17.8 Å². The molecule has 0 saturated heterocycles. The Bertz CT molecular complexity index is 7890. The van der Waals surface area contributed by atoms with Gasteiger partial charge in [0.15, 0.2) is 0 Å². The highest BCUT2D eigenvalue weighted by Crippen LogP contribution is 2.53. The lowest BCUT2D eigenvalue weighted by molar-refractivity contribution is 0.445. The predicted molar refractivity (Wildman–Crippen MR) is 538 cm³/mol. The van der Waals surface area contributed by atoms with Crippen molar-refractivity contribution in [2.45, 2.75) is 95.3 Å². The van der Waals surface area contributed by atoms with Crippen molar-refractivity contribution >= 4 is 127 Å². The van der Waals surface area contributed by atoms with Crippen LogP contribution in [-0.4, -0.2) is 0 Å². The molecule has 0 spiro atoms. The topological polar surface area (TPSA) is 32.8 Å². The molecule has 2 saturated carbocycles. The predicted octanol–water partition coefficient (Wildman–Crippen LogP) is 36.0. The van der Waals surface area contributed by atoms with Gasteiger partial charge >= 0.3 is 0 Å². The average Bonchev–Trinajstić information content (AvgIpc) is 1.67. The van der Waals surface area contributed by atoms with Crippen molar-refractivity contribution in [2.75, 3.05) is 9.80 Å². The van der Waals surface area contributed by atoms with Crippen molar-refractivity contribution in [1.82, 2.24) is 0 Å². The summed E-state index contributed by atoms with van der Waals surface area (Å²) in [5.41, 5.74) is 32.0. The lowest BCUT2D eigenvalue weighted by Crippen LogP contribution is -2.12. The van der Waals surface area contributed by atoms with E-state index in [1.807, 2.05) is 0 Å². The van der Waals surface area contributed by atoms with Crippen LogP contribution < -0.4 is 9.80 Å². The number of nitrogens with zero attached hydrogens (tertiary/aromatic N) is 2. The molecule has 4 nitrogen and oxygen atoms in total. The van der Waals surface area contributed by atoms with Crippen molar-refractivity contribution in [3.05, 3.63) is 417 Å². The monoisotopic (exact) mass is 1630 g/mol. The van der Waals surface area contributed by atoms with Crippen molar-refractivity contribution in [3.8, 4) is 89.0 Å². The van der Waals surface area contributed by atoms with Crippen molar-refractivity contribution in [2.24, 2.45) is 0 Å². The molecule has 19 aromatic carbocycles. The SMILES string of the molecule is CC1CC=Cc2oc3cc(-c4ccccc4N(c4ccc(-c5ccc(-c6cccc7cc(-c8cccc9c8oc8cc(-c%10ccccc%10N(c%10ccc(-c%11cccc%12c%11ccc%11ccccc%11%12)cc%10)c%10ccccc%10-c%10cccc%11cccc(C%12CCCCC%12)c%10%11)ccc89)ccc67)cc5)cc4)c4ccccc4-c4cccc5cccc(C6CCCCC6)c45)ccc3c21. The lowest BCUT2D eigenvalue weighted by Gasteiger charge is -2.31. The maximum Gasteiger partial charge on any atom is 0.143 e. The Morgan fingerprint density at radius 2 is 0.646 bits per heavy atom. The molecule has 21 aromatic rings. The van der Waals surface area contributed by atoms with Gasteiger partial charge in [0.25, 0.3) is 0 Å². The Balaban J connectivity index is 0.558. The zero-order valence-electron chi connectivity index (χ0n) is 71.3. The van der Waals surface area contributed by atoms with E-state index in [-0.39, 0.29) is 0 Å². The van der Waals surface area contributed by atoms with Gasteiger partial charge < -0.3 is 18.6 Å². The molecule has 2 aromatic heterocycles. The van der Waals surface area contributed by atoms with E-state index in [4.69, 9.17) is 8.83 Å². The van der Waals surface area contributed by atoms with Gasteiger partial charge in [0.2, 0.25) is 0 Å². The summed E-state index contributed by atoms with van der Waals surface area (Å²) in [6, 6.07) is 146. The van der Waals surface area contributed by atoms with Crippen LogP contribution in [0.15, 0.2) is 403 Å². The van der Waals surface area contributed by atoms with Crippen molar-refractivity contribution in [3.63, 3.8) is 0 Å². The van der Waals surface area contributed by atoms with Crippen molar-refractivity contribution in [1.29, 1.82) is 0 Å². The summed E-state index contributed by atoms with van der Waals surface area (Å²) in [6.07, 6.45) is 18.1. The molecule has 0 N–H and O–H groups in total. The fourth-order valence-electron chi connectivity index (χ4n) is 22.2. The minimum absolute atomic E-state index is 0.398. The molecule has 2 heterocycles. The second-order valence-electron chi connectivity index (χ2n) is 35.6. The summed E-state index contributed by atoms with van der Waals surface area (Å²) in [6.45, 7) is 2.31. The number of para-hydroxylation sites is 5. The van der Waals surface area contributed by atoms with E-state index in [2.05, 4.69) is 417 Å². The number of hydrogen-bond donors (Lipinski definition) is 0. The third kappa shape index (κ3) is 13.4. The van der Waals surface area contributed by atoms with Gasteiger partial charge in [0.05, 0.1) is 22.7 Å². The number of benzene rings is 19. The third-order valence-corrected chi connectivity index (χ3v) is 28.3. The third-order valence-electron chi connectivity index (χ3n) is 28.3. The largest absolute Gasteiger partial charge is 0.456 e. The molecular weight excluding hydrogens is 1540 g/mol. The summed E-state index contributed by atoms with van der Waals surface area (Å²) in [5, 5.41) is 16.1. The minimum atomic E-state index is 0.398. The van der Waals surface area contributed by atoms with Gasteiger partial charge in [-0.1, -0.05) is 367 Å². The normalized spacial score (nSPS) is 14.4. The van der Waals surface area contributed by atoms with Crippen LogP contribution in [0.25, 0.3) is 182 Å². The van der Waals surface area contributed by atoms with Crippen LogP contribution >= 0.6 is 0 Å². The highest BCUT2D eigenvalue weighted by atomic mass is 16.3. The molecule has 1 atom stereocenters. The number of anilines is 6. The van der Waals surface area contributed by atoms with Gasteiger partial charge in [0, 0.05) is 60.9 Å². The second-order valence-corrected chi connectivity index (χ2v) is 35.6. The molecule has 0 radical (unpaired) electrons. The summed E-state index contributed by atoms with van der Waals surface area (Å²) in [4.78, 5) is 5.01. The van der Waals surface area contributed by atoms with Crippen LogP contribution in [-0.2, 0) is 0 Å². The zero-order chi connectivity index (χ0) is 84.0. The summed E-state index contributed by atoms with van der Waals surface area (Å²) >= 11 is 0. The number of hydrogen-bond acceptors (Lipinski definition) is 4. The number of fused-ring (bicyclic) bond motifs is 12. The second kappa shape index (κ2) is 32.0. The van der Waals surface area contributed by atoms with Crippen LogP contribution in [0.3, 0.4) is 0 Å². The van der Waals surface area contributed by atoms with Crippen LogP contribution in [0.1, 0.15) is 118 Å². The molecule has 4 heteroatoms. The molecule has 24 rings (SSSR count). The molecule has 2 fully saturated rings. The van der Waals surface area contributed by atoms with E-state index in [1.54, 1.807) is 0 Å². The van der Waals surface area contributed by atoms with E-state index in [1.165, 1.54) is 185 Å². The summed E-state index contributed by atoms with van der Waals surface area (Å²) in [5.74, 6) is 2.45. The van der Waals surface area contributed by atoms with Crippen LogP contribution in [0.2, 0.25) is 0 Å². The average molecular weight is 1630 g/mol. The molecule has 0 aliphatic heterocycles. The number of furan rings is 2. The fourth-order valence-corrected chi connectivity index (χ4v) is 22.2. The van der Waals surface area contributed by atoms with Gasteiger partial charge in [-0.25, -0.2) is 0 Å². The first-order valence-electron chi connectivity index (χ1n) is 45.9. The summed E-state index contributed by atoms with van der Waals surface area (Å²) in [7, 11) is 0. The highest BCUT2D eigenvalue weighted by molar-refractivity contribution is 6.15. The van der Waals surface area contributed by atoms with Gasteiger partial charge in [-0.3, -0.25) is 0 Å². The Hall–Kier alpha value is -14.8. The van der Waals surface area contributed by atoms with E-state index in [0.717, 1.165) is 118 Å². The maximum absolute atomic E-state index is 7.25. The first-order valence-corrected chi connectivity index (χ1v) is 45.9. The van der Waals surface area contributed by atoms with E-state index in [9.17, 15) is 0 Å². The fraction of sp³-hybridized carbons (Fsp3) is 0.122. The minimum Gasteiger partial charge on any atom is -0.456 e. The molecule has 3 aliphatic carbocycles. The summed E-state index contributed by atoms with van der Waals surface area (Å²) < 4.78 is 13.9. The number of allylic oxidation sites excluding steroid dienone is 1. The Labute approximate surface area is 741 Å². The quantitative estimate of drug-likeness (QED) is 0.0903. The highest BCUT2D eigenvalue weighted by Gasteiger charge is 2.30. The molecule has 3 aliphatic rings. The van der Waals surface area contributed by atoms with E-state index < -0.39 is 0 Å². The van der Waals surface area contributed by atoms with Gasteiger partial charge in [-0.2, -0.15) is 0 Å².